The summed E-state index contributed by atoms with van der Waals surface area (Å²) >= 11 is 0. The van der Waals surface area contributed by atoms with E-state index < -0.39 is 13.9 Å². The van der Waals surface area contributed by atoms with Crippen molar-refractivity contribution in [2.45, 2.75) is 83.0 Å². The zero-order chi connectivity index (χ0) is 15.1. The first-order chi connectivity index (χ1) is 9.53. The van der Waals surface area contributed by atoms with Gasteiger partial charge in [0.25, 0.3) is 0 Å². The number of rotatable bonds is 8. The van der Waals surface area contributed by atoms with E-state index in [0.717, 1.165) is 49.6 Å². The van der Waals surface area contributed by atoms with Crippen molar-refractivity contribution in [1.82, 2.24) is 0 Å². The maximum Gasteiger partial charge on any atom is 0.250 e. The number of hydrogen-bond donors (Lipinski definition) is 1. The van der Waals surface area contributed by atoms with Crippen LogP contribution in [-0.4, -0.2) is 19.0 Å². The molecule has 0 radical (unpaired) electrons. The normalized spacial score (nSPS) is 19.7. The molecule has 1 saturated carbocycles. The Kier molecular flexibility index (Phi) is 7.03. The quantitative estimate of drug-likeness (QED) is 0.381. The van der Waals surface area contributed by atoms with E-state index in [1.54, 1.807) is 0 Å². The van der Waals surface area contributed by atoms with Crippen molar-refractivity contribution in [1.29, 1.82) is 0 Å². The van der Waals surface area contributed by atoms with Crippen molar-refractivity contribution < 1.29 is 9.53 Å². The van der Waals surface area contributed by atoms with Gasteiger partial charge in [-0.1, -0.05) is 46.6 Å². The van der Waals surface area contributed by atoms with Gasteiger partial charge in [-0.2, -0.15) is 0 Å². The van der Waals surface area contributed by atoms with Crippen LogP contribution in [-0.2, 0) is 4.43 Å². The van der Waals surface area contributed by atoms with Crippen molar-refractivity contribution in [3.63, 3.8) is 0 Å². The second-order valence-corrected chi connectivity index (χ2v) is 10.8. The molecule has 0 amide bonds. The van der Waals surface area contributed by atoms with Gasteiger partial charge < -0.3 is 9.53 Å². The van der Waals surface area contributed by atoms with Crippen LogP contribution in [0.5, 0.6) is 0 Å². The first-order valence-corrected chi connectivity index (χ1v) is 10.8. The molecule has 3 heteroatoms. The highest BCUT2D eigenvalue weighted by molar-refractivity contribution is 6.73. The summed E-state index contributed by atoms with van der Waals surface area (Å²) in [5.74, 6) is 0.890. The van der Waals surface area contributed by atoms with Crippen molar-refractivity contribution in [2.24, 2.45) is 0 Å². The van der Waals surface area contributed by atoms with E-state index in [-0.39, 0.29) is 0 Å². The lowest BCUT2D eigenvalue weighted by molar-refractivity contribution is 0.00645. The lowest BCUT2D eigenvalue weighted by Crippen LogP contribution is -2.35. The smallest absolute Gasteiger partial charge is 0.250 e. The molecular formula is C17H32O2Si. The van der Waals surface area contributed by atoms with E-state index in [4.69, 9.17) is 4.43 Å². The summed E-state index contributed by atoms with van der Waals surface area (Å²) in [7, 11) is -1.63. The van der Waals surface area contributed by atoms with Crippen molar-refractivity contribution in [2.75, 3.05) is 0 Å². The van der Waals surface area contributed by atoms with E-state index in [2.05, 4.69) is 33.4 Å². The second kappa shape index (κ2) is 8.04. The minimum atomic E-state index is -1.63. The van der Waals surface area contributed by atoms with Gasteiger partial charge >= 0.3 is 0 Å². The van der Waals surface area contributed by atoms with Crippen molar-refractivity contribution in [3.8, 4) is 0 Å². The molecule has 116 valence electrons. The number of hydrogen-bond acceptors (Lipinski definition) is 2. The van der Waals surface area contributed by atoms with Gasteiger partial charge in [0.15, 0.2) is 0 Å². The molecule has 2 nitrogen and oxygen atoms in total. The molecule has 1 rings (SSSR count). The predicted molar refractivity (Wildman–Crippen MR) is 89.2 cm³/mol. The largest absolute Gasteiger partial charge is 0.544 e. The monoisotopic (exact) mass is 296 g/mol. The standard InChI is InChI=1S/C17H32O2Si/c1-5-16(19-20(6-2,7-3)8-4)12-15-17(18)13-10-9-11-14-17/h5,12,18H,1,6-11,13-15H2,2-4H3/b16-12+. The van der Waals surface area contributed by atoms with Gasteiger partial charge in [-0.25, -0.2) is 0 Å². The van der Waals surface area contributed by atoms with Crippen LogP contribution in [0.3, 0.4) is 0 Å². The SMILES string of the molecule is C=C/C(=C\CC1(O)CCCCC1)O[Si](CC)(CC)CC. The summed E-state index contributed by atoms with van der Waals surface area (Å²) in [4.78, 5) is 0. The summed E-state index contributed by atoms with van der Waals surface area (Å²) in [6.45, 7) is 10.6. The molecule has 1 aliphatic rings. The first kappa shape index (κ1) is 17.5. The van der Waals surface area contributed by atoms with E-state index >= 15 is 0 Å². The molecule has 0 aromatic rings. The van der Waals surface area contributed by atoms with Gasteiger partial charge in [0, 0.05) is 0 Å². The van der Waals surface area contributed by atoms with E-state index in [1.807, 2.05) is 6.08 Å². The van der Waals surface area contributed by atoms with E-state index in [0.29, 0.717) is 6.42 Å². The van der Waals surface area contributed by atoms with E-state index in [9.17, 15) is 5.11 Å². The van der Waals surface area contributed by atoms with Crippen LogP contribution in [0, 0.1) is 0 Å². The molecule has 0 spiro atoms. The van der Waals surface area contributed by atoms with Gasteiger partial charge in [0.2, 0.25) is 8.32 Å². The zero-order valence-corrected chi connectivity index (χ0v) is 14.6. The molecule has 0 aliphatic heterocycles. The summed E-state index contributed by atoms with van der Waals surface area (Å²) < 4.78 is 6.34. The minimum Gasteiger partial charge on any atom is -0.544 e. The maximum atomic E-state index is 10.6. The van der Waals surface area contributed by atoms with Crippen LogP contribution < -0.4 is 0 Å². The summed E-state index contributed by atoms with van der Waals surface area (Å²) in [5.41, 5.74) is -0.509. The Morgan fingerprint density at radius 3 is 2.15 bits per heavy atom. The van der Waals surface area contributed by atoms with Crippen LogP contribution in [0.15, 0.2) is 24.5 Å². The third-order valence-corrected chi connectivity index (χ3v) is 9.47. The van der Waals surface area contributed by atoms with E-state index in [1.165, 1.54) is 6.42 Å². The van der Waals surface area contributed by atoms with Crippen LogP contribution >= 0.6 is 0 Å². The fraction of sp³-hybridized carbons (Fsp3) is 0.765. The van der Waals surface area contributed by atoms with Gasteiger partial charge in [0.1, 0.15) is 0 Å². The molecule has 1 aliphatic carbocycles. The van der Waals surface area contributed by atoms with Gasteiger partial charge in [-0.3, -0.25) is 0 Å². The molecule has 1 fully saturated rings. The molecule has 0 heterocycles. The van der Waals surface area contributed by atoms with Gasteiger partial charge in [-0.15, -0.1) is 0 Å². The molecule has 0 bridgehead atoms. The highest BCUT2D eigenvalue weighted by Crippen LogP contribution is 2.32. The summed E-state index contributed by atoms with van der Waals surface area (Å²) in [6, 6.07) is 3.40. The van der Waals surface area contributed by atoms with Crippen LogP contribution in [0.1, 0.15) is 59.3 Å². The molecule has 0 aromatic carbocycles. The molecule has 0 atom stereocenters. The van der Waals surface area contributed by atoms with Crippen LogP contribution in [0.2, 0.25) is 18.1 Å². The molecule has 0 aromatic heterocycles. The Morgan fingerprint density at radius 1 is 1.15 bits per heavy atom. The van der Waals surface area contributed by atoms with Gasteiger partial charge in [-0.05, 0) is 49.5 Å². The Balaban J connectivity index is 2.69. The average molecular weight is 297 g/mol. The third kappa shape index (κ3) is 4.78. The zero-order valence-electron chi connectivity index (χ0n) is 13.6. The Labute approximate surface area is 126 Å². The fourth-order valence-corrected chi connectivity index (χ4v) is 5.69. The fourth-order valence-electron chi connectivity index (χ4n) is 3.09. The van der Waals surface area contributed by atoms with Crippen LogP contribution in [0.4, 0.5) is 0 Å². The minimum absolute atomic E-state index is 0.509. The maximum absolute atomic E-state index is 10.6. The van der Waals surface area contributed by atoms with Crippen molar-refractivity contribution in [3.05, 3.63) is 24.5 Å². The molecule has 20 heavy (non-hydrogen) atoms. The average Bonchev–Trinajstić information content (AvgIpc) is 2.49. The Bertz CT molecular complexity index is 318. The molecule has 0 saturated heterocycles. The molecule has 1 N–H and O–H groups in total. The summed E-state index contributed by atoms with van der Waals surface area (Å²) in [6.07, 6.45) is 9.98. The lowest BCUT2D eigenvalue weighted by atomic mass is 9.82. The lowest BCUT2D eigenvalue weighted by Gasteiger charge is -2.32. The van der Waals surface area contributed by atoms with Crippen molar-refractivity contribution >= 4 is 8.32 Å². The Morgan fingerprint density at radius 2 is 1.70 bits per heavy atom. The Hall–Kier alpha value is -0.543. The number of aliphatic hydroxyl groups is 1. The topological polar surface area (TPSA) is 29.5 Å². The molecule has 0 unspecified atom stereocenters. The van der Waals surface area contributed by atoms with Crippen LogP contribution in [0.25, 0.3) is 0 Å². The second-order valence-electron chi connectivity index (χ2n) is 6.15. The third-order valence-electron chi connectivity index (χ3n) is 4.94. The summed E-state index contributed by atoms with van der Waals surface area (Å²) in [5, 5.41) is 10.6. The highest BCUT2D eigenvalue weighted by Gasteiger charge is 2.32. The highest BCUT2D eigenvalue weighted by atomic mass is 28.4. The molecular weight excluding hydrogens is 264 g/mol. The van der Waals surface area contributed by atoms with Gasteiger partial charge in [0.05, 0.1) is 11.4 Å². The predicted octanol–water partition coefficient (Wildman–Crippen LogP) is 5.16. The number of allylic oxidation sites excluding steroid dienone is 1. The first-order valence-electron chi connectivity index (χ1n) is 8.27.